The van der Waals surface area contributed by atoms with Crippen molar-refractivity contribution in [3.05, 3.63) is 64.4 Å². The summed E-state index contributed by atoms with van der Waals surface area (Å²) in [5.74, 6) is -3.15. The van der Waals surface area contributed by atoms with Crippen molar-refractivity contribution in [1.82, 2.24) is 0 Å². The summed E-state index contributed by atoms with van der Waals surface area (Å²) in [6, 6.07) is 10.7. The van der Waals surface area contributed by atoms with Gasteiger partial charge in [0.05, 0.1) is 17.2 Å². The van der Waals surface area contributed by atoms with Gasteiger partial charge in [-0.3, -0.25) is 4.79 Å². The van der Waals surface area contributed by atoms with Crippen LogP contribution in [0.25, 0.3) is 5.57 Å². The molecule has 0 aliphatic carbocycles. The number of nitriles is 1. The second-order valence-corrected chi connectivity index (χ2v) is 9.16. The Kier molecular flexibility index (Phi) is 6.12. The van der Waals surface area contributed by atoms with Gasteiger partial charge in [0.2, 0.25) is 0 Å². The summed E-state index contributed by atoms with van der Waals surface area (Å²) in [7, 11) is 0. The maximum atomic E-state index is 13.7. The van der Waals surface area contributed by atoms with Crippen molar-refractivity contribution in [2.75, 3.05) is 0 Å². The minimum absolute atomic E-state index is 0.164. The van der Waals surface area contributed by atoms with Crippen LogP contribution in [-0.4, -0.2) is 22.1 Å². The molecule has 3 rings (SSSR count). The number of nitrogens with zero attached hydrogens (tertiary/aromatic N) is 1. The molecule has 1 aliphatic rings. The van der Waals surface area contributed by atoms with Crippen LogP contribution in [0.15, 0.2) is 42.2 Å². The number of rotatable bonds is 5. The third kappa shape index (κ3) is 4.62. The molecule has 2 aromatic carbocycles. The second-order valence-electron chi connectivity index (χ2n) is 9.16. The molecule has 7 heteroatoms. The Labute approximate surface area is 192 Å². The van der Waals surface area contributed by atoms with Gasteiger partial charge in [-0.05, 0) is 75.6 Å². The summed E-state index contributed by atoms with van der Waals surface area (Å²) in [5.41, 5.74) is -1.28. The maximum absolute atomic E-state index is 13.7. The number of carbonyl (C=O) groups excluding carboxylic acids is 1. The molecule has 1 aliphatic heterocycles. The van der Waals surface area contributed by atoms with Crippen LogP contribution in [0.4, 0.5) is 8.78 Å². The molecule has 0 atom stereocenters. The van der Waals surface area contributed by atoms with Gasteiger partial charge in [-0.2, -0.15) is 5.26 Å². The molecule has 0 radical (unpaired) electrons. The molecule has 0 saturated heterocycles. The zero-order chi connectivity index (χ0) is 24.8. The number of aliphatic hydroxyl groups is 1. The quantitative estimate of drug-likeness (QED) is 0.560. The van der Waals surface area contributed by atoms with Crippen LogP contribution in [0.1, 0.15) is 63.8 Å². The summed E-state index contributed by atoms with van der Waals surface area (Å²) >= 11 is 0. The zero-order valence-electron chi connectivity index (χ0n) is 19.5. The molecule has 1 N–H and O–H groups in total. The van der Waals surface area contributed by atoms with Crippen molar-refractivity contribution in [2.24, 2.45) is 0 Å². The Morgan fingerprint density at radius 1 is 1.09 bits per heavy atom. The lowest BCUT2D eigenvalue weighted by Gasteiger charge is -2.40. The number of alkyl halides is 2. The van der Waals surface area contributed by atoms with E-state index in [9.17, 15) is 23.9 Å². The molecule has 0 spiro atoms. The van der Waals surface area contributed by atoms with Crippen LogP contribution in [0.2, 0.25) is 0 Å². The summed E-state index contributed by atoms with van der Waals surface area (Å²) in [4.78, 5) is 13.2. The minimum Gasteiger partial charge on any atom is -0.508 e. The molecular formula is C26H27F2NO4. The number of Topliss-reactive ketones (excluding diaryl/α,β-unsaturated/α-hetero) is 1. The lowest BCUT2D eigenvalue weighted by atomic mass is 9.81. The van der Waals surface area contributed by atoms with Crippen molar-refractivity contribution in [2.45, 2.75) is 65.1 Å². The zero-order valence-corrected chi connectivity index (χ0v) is 19.5. The standard InChI is InChI=1S/C26H27F2NO4/c1-7-15-8-9-18(32-17-10-11-20(26(6,27)28)16(12-17)14-29)13-19(15)21-22(30)24(2,3)33-25(4,5)23(21)31/h8-13,30H,7H2,1-6H3. The number of aliphatic hydroxyl groups excluding tert-OH is 1. The van der Waals surface area contributed by atoms with Gasteiger partial charge in [0.25, 0.3) is 5.92 Å². The fraction of sp³-hybridized carbons (Fsp3) is 0.385. The van der Waals surface area contributed by atoms with Crippen molar-refractivity contribution in [3.8, 4) is 17.6 Å². The van der Waals surface area contributed by atoms with E-state index < -0.39 is 17.1 Å². The predicted octanol–water partition coefficient (Wildman–Crippen LogP) is 6.45. The van der Waals surface area contributed by atoms with Crippen LogP contribution >= 0.6 is 0 Å². The Hall–Kier alpha value is -3.24. The Balaban J connectivity index is 2.09. The summed E-state index contributed by atoms with van der Waals surface area (Å²) in [6.45, 7) is 9.36. The largest absolute Gasteiger partial charge is 0.508 e. The van der Waals surface area contributed by atoms with Gasteiger partial charge in [0.15, 0.2) is 5.78 Å². The van der Waals surface area contributed by atoms with Gasteiger partial charge in [0, 0.05) is 12.5 Å². The lowest BCUT2D eigenvalue weighted by molar-refractivity contribution is -0.158. The van der Waals surface area contributed by atoms with Crippen molar-refractivity contribution in [3.63, 3.8) is 0 Å². The first-order valence-electron chi connectivity index (χ1n) is 10.6. The summed E-state index contributed by atoms with van der Waals surface area (Å²) < 4.78 is 39.1. The fourth-order valence-electron chi connectivity index (χ4n) is 4.05. The third-order valence-electron chi connectivity index (χ3n) is 5.64. The molecule has 174 valence electrons. The number of hydrogen-bond acceptors (Lipinski definition) is 5. The molecule has 33 heavy (non-hydrogen) atoms. The normalized spacial score (nSPS) is 17.6. The number of halogens is 2. The number of benzene rings is 2. The highest BCUT2D eigenvalue weighted by Gasteiger charge is 2.47. The topological polar surface area (TPSA) is 79.6 Å². The molecule has 5 nitrogen and oxygen atoms in total. The van der Waals surface area contributed by atoms with Crippen LogP contribution in [0, 0.1) is 11.3 Å². The van der Waals surface area contributed by atoms with E-state index in [1.807, 2.05) is 6.92 Å². The number of carbonyl (C=O) groups is 1. The molecule has 0 amide bonds. The average molecular weight is 456 g/mol. The van der Waals surface area contributed by atoms with Crippen LogP contribution < -0.4 is 4.74 Å². The van der Waals surface area contributed by atoms with E-state index >= 15 is 0 Å². The van der Waals surface area contributed by atoms with Gasteiger partial charge in [0.1, 0.15) is 28.5 Å². The first-order valence-corrected chi connectivity index (χ1v) is 10.6. The van der Waals surface area contributed by atoms with E-state index in [2.05, 4.69) is 0 Å². The monoisotopic (exact) mass is 455 g/mol. The highest BCUT2D eigenvalue weighted by Crippen LogP contribution is 2.42. The molecule has 0 unspecified atom stereocenters. The molecule has 2 aromatic rings. The van der Waals surface area contributed by atoms with Gasteiger partial charge in [-0.25, -0.2) is 8.78 Å². The van der Waals surface area contributed by atoms with Gasteiger partial charge >= 0.3 is 0 Å². The summed E-state index contributed by atoms with van der Waals surface area (Å²) in [5, 5.41) is 20.2. The highest BCUT2D eigenvalue weighted by molar-refractivity contribution is 6.26. The predicted molar refractivity (Wildman–Crippen MR) is 120 cm³/mol. The first kappa shape index (κ1) is 24.4. The summed E-state index contributed by atoms with van der Waals surface area (Å²) in [6.07, 6.45) is 0.597. The number of ketones is 1. The van der Waals surface area contributed by atoms with Crippen LogP contribution in [0.3, 0.4) is 0 Å². The number of ether oxygens (including phenoxy) is 2. The Morgan fingerprint density at radius 2 is 1.70 bits per heavy atom. The lowest BCUT2D eigenvalue weighted by Crippen LogP contribution is -2.49. The van der Waals surface area contributed by atoms with Crippen molar-refractivity contribution >= 4 is 11.4 Å². The minimum atomic E-state index is -3.16. The van der Waals surface area contributed by atoms with E-state index in [1.54, 1.807) is 52.0 Å². The smallest absolute Gasteiger partial charge is 0.271 e. The average Bonchev–Trinajstić information content (AvgIpc) is 2.71. The van der Waals surface area contributed by atoms with Gasteiger partial charge in [-0.15, -0.1) is 0 Å². The number of aryl methyl sites for hydroxylation is 1. The van der Waals surface area contributed by atoms with E-state index in [0.717, 1.165) is 18.6 Å². The van der Waals surface area contributed by atoms with E-state index in [1.165, 1.54) is 12.1 Å². The maximum Gasteiger partial charge on any atom is 0.271 e. The van der Waals surface area contributed by atoms with Gasteiger partial charge in [-0.1, -0.05) is 13.0 Å². The third-order valence-corrected chi connectivity index (χ3v) is 5.64. The number of hydrogen-bond donors (Lipinski definition) is 1. The first-order chi connectivity index (χ1) is 15.2. The van der Waals surface area contributed by atoms with E-state index in [0.29, 0.717) is 17.7 Å². The fourth-order valence-corrected chi connectivity index (χ4v) is 4.05. The molecular weight excluding hydrogens is 428 g/mol. The second kappa shape index (κ2) is 8.27. The molecule has 0 bridgehead atoms. The Morgan fingerprint density at radius 3 is 2.27 bits per heavy atom. The van der Waals surface area contributed by atoms with E-state index in [4.69, 9.17) is 9.47 Å². The van der Waals surface area contributed by atoms with Crippen molar-refractivity contribution in [1.29, 1.82) is 5.26 Å². The molecule has 0 saturated carbocycles. The SMILES string of the molecule is CCc1ccc(Oc2ccc(C(C)(F)F)c(C#N)c2)cc1C1=C(O)C(C)(C)OC(C)(C)C1=O. The molecule has 0 aromatic heterocycles. The highest BCUT2D eigenvalue weighted by atomic mass is 19.3. The van der Waals surface area contributed by atoms with Crippen LogP contribution in [-0.2, 0) is 21.9 Å². The molecule has 1 heterocycles. The molecule has 0 fully saturated rings. The van der Waals surface area contributed by atoms with E-state index in [-0.39, 0.29) is 34.0 Å². The Bertz CT molecular complexity index is 1180. The van der Waals surface area contributed by atoms with Crippen molar-refractivity contribution < 1.29 is 28.2 Å². The van der Waals surface area contributed by atoms with Crippen LogP contribution in [0.5, 0.6) is 11.5 Å². The van der Waals surface area contributed by atoms with Gasteiger partial charge < -0.3 is 14.6 Å².